The minimum absolute atomic E-state index is 0.205. The smallest absolute Gasteiger partial charge is 0.279 e. The molecule has 2 heterocycles. The maximum absolute atomic E-state index is 12.1. The van der Waals surface area contributed by atoms with Gasteiger partial charge in [-0.1, -0.05) is 12.1 Å². The number of nitrogens with one attached hydrogen (secondary N) is 1. The molecule has 1 amide bonds. The van der Waals surface area contributed by atoms with Gasteiger partial charge in [-0.3, -0.25) is 10.1 Å². The number of carbonyl (C=O) groups is 1. The van der Waals surface area contributed by atoms with E-state index < -0.39 is 15.9 Å². The highest BCUT2D eigenvalue weighted by Crippen LogP contribution is 2.26. The van der Waals surface area contributed by atoms with Gasteiger partial charge in [-0.15, -0.1) is 11.3 Å². The van der Waals surface area contributed by atoms with Crippen LogP contribution in [-0.2, 0) is 10.0 Å². The maximum atomic E-state index is 12.1. The number of oxazole rings is 1. The minimum atomic E-state index is -3.47. The van der Waals surface area contributed by atoms with Gasteiger partial charge >= 0.3 is 0 Å². The lowest BCUT2D eigenvalue weighted by atomic mass is 10.2. The highest BCUT2D eigenvalue weighted by Gasteiger charge is 2.18. The molecule has 8 nitrogen and oxygen atoms in total. The van der Waals surface area contributed by atoms with Crippen molar-refractivity contribution >= 4 is 32.4 Å². The van der Waals surface area contributed by atoms with Crippen LogP contribution in [0, 0.1) is 6.92 Å². The van der Waals surface area contributed by atoms with Gasteiger partial charge in [0, 0.05) is 25.0 Å². The molecule has 0 aliphatic heterocycles. The van der Waals surface area contributed by atoms with Crippen molar-refractivity contribution in [3.05, 3.63) is 47.5 Å². The second-order valence-corrected chi connectivity index (χ2v) is 8.57. The molecule has 1 N–H and O–H groups in total. The van der Waals surface area contributed by atoms with Crippen LogP contribution < -0.4 is 5.32 Å². The summed E-state index contributed by atoms with van der Waals surface area (Å²) in [4.78, 5) is 20.5. The standard InChI is InChI=1S/C16H16N4O4S2/c1-10-14(17-9-24-10)15(21)19-16-18-13(8-25-16)11-4-6-12(7-5-11)26(22,23)20(2)3/h4-9H,1-3H3,(H,18,19,21). The van der Waals surface area contributed by atoms with Crippen LogP contribution in [0.25, 0.3) is 11.3 Å². The summed E-state index contributed by atoms with van der Waals surface area (Å²) in [5.41, 5.74) is 1.59. The first-order chi connectivity index (χ1) is 12.3. The Bertz CT molecular complexity index is 1040. The Kier molecular flexibility index (Phi) is 4.90. The Morgan fingerprint density at radius 3 is 2.50 bits per heavy atom. The first kappa shape index (κ1) is 18.2. The lowest BCUT2D eigenvalue weighted by Crippen LogP contribution is -2.22. The van der Waals surface area contributed by atoms with E-state index in [1.165, 1.54) is 44.0 Å². The molecule has 3 rings (SSSR count). The predicted octanol–water partition coefficient (Wildman–Crippen LogP) is 2.61. The van der Waals surface area contributed by atoms with Crippen molar-refractivity contribution in [2.75, 3.05) is 19.4 Å². The number of hydrogen-bond acceptors (Lipinski definition) is 7. The third-order valence-electron chi connectivity index (χ3n) is 3.61. The second-order valence-electron chi connectivity index (χ2n) is 5.56. The fourth-order valence-electron chi connectivity index (χ4n) is 2.15. The molecule has 0 atom stereocenters. The maximum Gasteiger partial charge on any atom is 0.279 e. The molecule has 0 aliphatic rings. The van der Waals surface area contributed by atoms with Crippen molar-refractivity contribution in [3.63, 3.8) is 0 Å². The molecule has 2 aromatic heterocycles. The summed E-state index contributed by atoms with van der Waals surface area (Å²) in [5.74, 6) is 0.0292. The Labute approximate surface area is 154 Å². The predicted molar refractivity (Wildman–Crippen MR) is 97.6 cm³/mol. The van der Waals surface area contributed by atoms with Gasteiger partial charge in [0.1, 0.15) is 5.76 Å². The van der Waals surface area contributed by atoms with E-state index in [1.54, 1.807) is 24.4 Å². The van der Waals surface area contributed by atoms with Crippen LogP contribution in [0.2, 0.25) is 0 Å². The lowest BCUT2D eigenvalue weighted by Gasteiger charge is -2.11. The molecule has 0 aliphatic carbocycles. The summed E-state index contributed by atoms with van der Waals surface area (Å²) in [6, 6.07) is 6.42. The van der Waals surface area contributed by atoms with Crippen LogP contribution in [0.15, 0.2) is 45.4 Å². The number of aromatic nitrogens is 2. The van der Waals surface area contributed by atoms with E-state index in [9.17, 15) is 13.2 Å². The van der Waals surface area contributed by atoms with Gasteiger partial charge in [-0.25, -0.2) is 22.7 Å². The summed E-state index contributed by atoms with van der Waals surface area (Å²) < 4.78 is 30.4. The SMILES string of the molecule is Cc1ocnc1C(=O)Nc1nc(-c2ccc(S(=O)(=O)N(C)C)cc2)cs1. The number of nitrogens with zero attached hydrogens (tertiary/aromatic N) is 3. The van der Waals surface area contributed by atoms with Crippen LogP contribution in [0.3, 0.4) is 0 Å². The van der Waals surface area contributed by atoms with E-state index in [0.717, 1.165) is 9.87 Å². The molecule has 0 radical (unpaired) electrons. The highest BCUT2D eigenvalue weighted by atomic mass is 32.2. The number of hydrogen-bond donors (Lipinski definition) is 1. The number of sulfonamides is 1. The normalized spacial score (nSPS) is 11.7. The molecule has 1 aromatic carbocycles. The molecular formula is C16H16N4O4S2. The first-order valence-electron chi connectivity index (χ1n) is 7.49. The molecule has 10 heteroatoms. The second kappa shape index (κ2) is 6.98. The van der Waals surface area contributed by atoms with Gasteiger partial charge in [-0.05, 0) is 19.1 Å². The van der Waals surface area contributed by atoms with E-state index in [0.29, 0.717) is 16.6 Å². The van der Waals surface area contributed by atoms with Crippen molar-refractivity contribution in [1.29, 1.82) is 0 Å². The zero-order valence-electron chi connectivity index (χ0n) is 14.3. The van der Waals surface area contributed by atoms with Crippen molar-refractivity contribution in [2.45, 2.75) is 11.8 Å². The van der Waals surface area contributed by atoms with Gasteiger partial charge in [0.05, 0.1) is 10.6 Å². The summed E-state index contributed by atoms with van der Waals surface area (Å²) in [6.45, 7) is 1.65. The van der Waals surface area contributed by atoms with Crippen LogP contribution >= 0.6 is 11.3 Å². The Balaban J connectivity index is 1.78. The molecule has 0 saturated carbocycles. The largest absolute Gasteiger partial charge is 0.448 e. The zero-order chi connectivity index (χ0) is 18.9. The fourth-order valence-corrected chi connectivity index (χ4v) is 3.77. The average molecular weight is 392 g/mol. The molecule has 0 bridgehead atoms. The number of thiazole rings is 1. The number of aryl methyl sites for hydroxylation is 1. The quantitative estimate of drug-likeness (QED) is 0.715. The van der Waals surface area contributed by atoms with Gasteiger partial charge in [0.15, 0.2) is 17.2 Å². The first-order valence-corrected chi connectivity index (χ1v) is 9.81. The third-order valence-corrected chi connectivity index (χ3v) is 6.20. The summed E-state index contributed by atoms with van der Waals surface area (Å²) in [5, 5.41) is 4.86. The van der Waals surface area contributed by atoms with Gasteiger partial charge in [0.25, 0.3) is 5.91 Å². The lowest BCUT2D eigenvalue weighted by molar-refractivity contribution is 0.102. The molecule has 3 aromatic rings. The van der Waals surface area contributed by atoms with Crippen LogP contribution in [-0.4, -0.2) is 42.7 Å². The molecule has 0 saturated heterocycles. The van der Waals surface area contributed by atoms with Crippen molar-refractivity contribution in [3.8, 4) is 11.3 Å². The van der Waals surface area contributed by atoms with E-state index in [1.807, 2.05) is 0 Å². The molecule has 26 heavy (non-hydrogen) atoms. The molecule has 136 valence electrons. The molecular weight excluding hydrogens is 376 g/mol. The molecule has 0 fully saturated rings. The number of rotatable bonds is 5. The Morgan fingerprint density at radius 1 is 1.23 bits per heavy atom. The number of carbonyl (C=O) groups excluding carboxylic acids is 1. The molecule has 0 unspecified atom stereocenters. The summed E-state index contributed by atoms with van der Waals surface area (Å²) in [6.07, 6.45) is 1.21. The number of amides is 1. The number of benzene rings is 1. The Hall–Kier alpha value is -2.56. The fraction of sp³-hybridized carbons (Fsp3) is 0.188. The van der Waals surface area contributed by atoms with Gasteiger partial charge < -0.3 is 4.42 Å². The highest BCUT2D eigenvalue weighted by molar-refractivity contribution is 7.89. The zero-order valence-corrected chi connectivity index (χ0v) is 15.9. The summed E-state index contributed by atoms with van der Waals surface area (Å²) >= 11 is 1.26. The summed E-state index contributed by atoms with van der Waals surface area (Å²) in [7, 11) is -0.510. The Morgan fingerprint density at radius 2 is 1.92 bits per heavy atom. The monoisotopic (exact) mass is 392 g/mol. The van der Waals surface area contributed by atoms with E-state index in [-0.39, 0.29) is 10.6 Å². The van der Waals surface area contributed by atoms with E-state index >= 15 is 0 Å². The third kappa shape index (κ3) is 3.52. The number of anilines is 1. The van der Waals surface area contributed by atoms with Crippen molar-refractivity contribution in [1.82, 2.24) is 14.3 Å². The van der Waals surface area contributed by atoms with Crippen LogP contribution in [0.1, 0.15) is 16.2 Å². The van der Waals surface area contributed by atoms with Crippen LogP contribution in [0.5, 0.6) is 0 Å². The van der Waals surface area contributed by atoms with E-state index in [2.05, 4.69) is 15.3 Å². The van der Waals surface area contributed by atoms with Gasteiger partial charge in [0.2, 0.25) is 10.0 Å². The molecule has 0 spiro atoms. The minimum Gasteiger partial charge on any atom is -0.448 e. The van der Waals surface area contributed by atoms with Crippen LogP contribution in [0.4, 0.5) is 5.13 Å². The topological polar surface area (TPSA) is 105 Å². The van der Waals surface area contributed by atoms with Gasteiger partial charge in [-0.2, -0.15) is 0 Å². The van der Waals surface area contributed by atoms with Crippen molar-refractivity contribution in [2.24, 2.45) is 0 Å². The van der Waals surface area contributed by atoms with Crippen molar-refractivity contribution < 1.29 is 17.6 Å². The average Bonchev–Trinajstić information content (AvgIpc) is 3.24. The van der Waals surface area contributed by atoms with E-state index in [4.69, 9.17) is 4.42 Å².